The van der Waals surface area contributed by atoms with E-state index in [1.807, 2.05) is 6.92 Å². The number of esters is 1. The van der Waals surface area contributed by atoms with Crippen molar-refractivity contribution in [3.63, 3.8) is 0 Å². The summed E-state index contributed by atoms with van der Waals surface area (Å²) >= 11 is 0. The molecule has 0 N–H and O–H groups in total. The monoisotopic (exact) mass is 213 g/mol. The minimum Gasteiger partial charge on any atom is -0.464 e. The fourth-order valence-corrected chi connectivity index (χ4v) is 2.18. The molecule has 0 saturated carbocycles. The fourth-order valence-electron chi connectivity index (χ4n) is 2.18. The number of hydrogen-bond acceptors (Lipinski definition) is 3. The molecular weight excluding hydrogens is 190 g/mol. The van der Waals surface area contributed by atoms with Crippen molar-refractivity contribution in [1.82, 2.24) is 4.90 Å². The van der Waals surface area contributed by atoms with Gasteiger partial charge in [0.15, 0.2) is 0 Å². The van der Waals surface area contributed by atoms with Crippen molar-refractivity contribution in [2.75, 3.05) is 13.2 Å². The highest BCUT2D eigenvalue weighted by atomic mass is 16.5. The van der Waals surface area contributed by atoms with E-state index in [4.69, 9.17) is 4.74 Å². The number of carbonyl (C=O) groups excluding carboxylic acids is 1. The first-order valence-corrected chi connectivity index (χ1v) is 5.87. The van der Waals surface area contributed by atoms with Crippen LogP contribution in [0.25, 0.3) is 0 Å². The van der Waals surface area contributed by atoms with Crippen LogP contribution in [0.3, 0.4) is 0 Å². The van der Waals surface area contributed by atoms with E-state index < -0.39 is 0 Å². The molecule has 1 aliphatic rings. The van der Waals surface area contributed by atoms with Gasteiger partial charge in [-0.15, -0.1) is 0 Å². The van der Waals surface area contributed by atoms with Gasteiger partial charge in [0.1, 0.15) is 6.61 Å². The third kappa shape index (κ3) is 3.49. The van der Waals surface area contributed by atoms with Crippen LogP contribution in [0.5, 0.6) is 0 Å². The SMILES string of the molecule is CCC(=O)OC[C@@H]1CCCN1C(C)(C)C. The molecule has 0 aromatic carbocycles. The molecule has 0 amide bonds. The molecule has 1 atom stereocenters. The second-order valence-electron chi connectivity index (χ2n) is 5.20. The molecule has 88 valence electrons. The smallest absolute Gasteiger partial charge is 0.305 e. The van der Waals surface area contributed by atoms with Crippen LogP contribution in [-0.4, -0.2) is 35.6 Å². The molecule has 0 bridgehead atoms. The van der Waals surface area contributed by atoms with Gasteiger partial charge in [0.25, 0.3) is 0 Å². The number of likely N-dealkylation sites (tertiary alicyclic amines) is 1. The van der Waals surface area contributed by atoms with Gasteiger partial charge in [-0.3, -0.25) is 9.69 Å². The summed E-state index contributed by atoms with van der Waals surface area (Å²) < 4.78 is 5.22. The van der Waals surface area contributed by atoms with Gasteiger partial charge in [0.2, 0.25) is 0 Å². The van der Waals surface area contributed by atoms with Gasteiger partial charge in [-0.25, -0.2) is 0 Å². The third-order valence-electron chi connectivity index (χ3n) is 2.96. The van der Waals surface area contributed by atoms with Gasteiger partial charge in [0, 0.05) is 18.0 Å². The summed E-state index contributed by atoms with van der Waals surface area (Å²) in [5.41, 5.74) is 0.180. The van der Waals surface area contributed by atoms with Gasteiger partial charge >= 0.3 is 5.97 Å². The van der Waals surface area contributed by atoms with Crippen LogP contribution in [0.4, 0.5) is 0 Å². The Kier molecular flexibility index (Phi) is 4.14. The Morgan fingerprint density at radius 1 is 1.47 bits per heavy atom. The van der Waals surface area contributed by atoms with Crippen molar-refractivity contribution in [3.8, 4) is 0 Å². The van der Waals surface area contributed by atoms with Crippen LogP contribution < -0.4 is 0 Å². The molecule has 0 unspecified atom stereocenters. The van der Waals surface area contributed by atoms with Crippen LogP contribution in [0.2, 0.25) is 0 Å². The molecule has 1 aliphatic heterocycles. The maximum Gasteiger partial charge on any atom is 0.305 e. The molecule has 1 fully saturated rings. The third-order valence-corrected chi connectivity index (χ3v) is 2.96. The Labute approximate surface area is 92.8 Å². The van der Waals surface area contributed by atoms with Crippen LogP contribution in [-0.2, 0) is 9.53 Å². The topological polar surface area (TPSA) is 29.5 Å². The standard InChI is InChI=1S/C12H23NO2/c1-5-11(14)15-9-10-7-6-8-13(10)12(2,3)4/h10H,5-9H2,1-4H3/t10-/m0/s1. The van der Waals surface area contributed by atoms with E-state index in [-0.39, 0.29) is 11.5 Å². The van der Waals surface area contributed by atoms with Crippen molar-refractivity contribution < 1.29 is 9.53 Å². The van der Waals surface area contributed by atoms with Crippen molar-refractivity contribution in [3.05, 3.63) is 0 Å². The summed E-state index contributed by atoms with van der Waals surface area (Å²) in [5, 5.41) is 0. The average Bonchev–Trinajstić information content (AvgIpc) is 2.61. The van der Waals surface area contributed by atoms with Crippen molar-refractivity contribution in [1.29, 1.82) is 0 Å². The molecule has 3 heteroatoms. The van der Waals surface area contributed by atoms with E-state index in [9.17, 15) is 4.79 Å². The minimum absolute atomic E-state index is 0.0873. The van der Waals surface area contributed by atoms with Crippen molar-refractivity contribution in [2.24, 2.45) is 0 Å². The summed E-state index contributed by atoms with van der Waals surface area (Å²) in [6.07, 6.45) is 2.84. The molecule has 1 heterocycles. The maximum atomic E-state index is 11.1. The molecule has 0 spiro atoms. The largest absolute Gasteiger partial charge is 0.464 e. The molecule has 1 saturated heterocycles. The van der Waals surface area contributed by atoms with Crippen molar-refractivity contribution in [2.45, 2.75) is 58.5 Å². The van der Waals surface area contributed by atoms with Crippen LogP contribution in [0, 0.1) is 0 Å². The minimum atomic E-state index is -0.0873. The predicted molar refractivity (Wildman–Crippen MR) is 60.7 cm³/mol. The normalized spacial score (nSPS) is 23.1. The van der Waals surface area contributed by atoms with Crippen LogP contribution in [0.1, 0.15) is 47.0 Å². The lowest BCUT2D eigenvalue weighted by atomic mass is 10.1. The summed E-state index contributed by atoms with van der Waals surface area (Å²) in [7, 11) is 0. The van der Waals surface area contributed by atoms with E-state index in [1.165, 1.54) is 6.42 Å². The first-order valence-electron chi connectivity index (χ1n) is 5.87. The first kappa shape index (κ1) is 12.5. The predicted octanol–water partition coefficient (Wildman–Crippen LogP) is 2.20. The Balaban J connectivity index is 2.44. The number of ether oxygens (including phenoxy) is 1. The van der Waals surface area contributed by atoms with E-state index in [0.29, 0.717) is 19.1 Å². The molecule has 0 aliphatic carbocycles. The van der Waals surface area contributed by atoms with E-state index in [1.54, 1.807) is 0 Å². The van der Waals surface area contributed by atoms with E-state index in [2.05, 4.69) is 25.7 Å². The van der Waals surface area contributed by atoms with Gasteiger partial charge in [-0.2, -0.15) is 0 Å². The molecule has 0 aromatic heterocycles. The summed E-state index contributed by atoms with van der Waals surface area (Å²) in [4.78, 5) is 13.5. The lowest BCUT2D eigenvalue weighted by Gasteiger charge is -2.36. The average molecular weight is 213 g/mol. The fraction of sp³-hybridized carbons (Fsp3) is 0.917. The molecule has 3 nitrogen and oxygen atoms in total. The Morgan fingerprint density at radius 2 is 2.13 bits per heavy atom. The Hall–Kier alpha value is -0.570. The quantitative estimate of drug-likeness (QED) is 0.673. The lowest BCUT2D eigenvalue weighted by Crippen LogP contribution is -2.46. The van der Waals surface area contributed by atoms with Crippen LogP contribution >= 0.6 is 0 Å². The second-order valence-corrected chi connectivity index (χ2v) is 5.20. The highest BCUT2D eigenvalue weighted by molar-refractivity contribution is 5.68. The molecule has 0 aromatic rings. The number of hydrogen-bond donors (Lipinski definition) is 0. The lowest BCUT2D eigenvalue weighted by molar-refractivity contribution is -0.145. The molecular formula is C12H23NO2. The van der Waals surface area contributed by atoms with Gasteiger partial charge < -0.3 is 4.74 Å². The highest BCUT2D eigenvalue weighted by Crippen LogP contribution is 2.26. The summed E-state index contributed by atoms with van der Waals surface area (Å²) in [6, 6.07) is 0.417. The Morgan fingerprint density at radius 3 is 2.67 bits per heavy atom. The van der Waals surface area contributed by atoms with E-state index >= 15 is 0 Å². The van der Waals surface area contributed by atoms with Gasteiger partial charge in [0.05, 0.1) is 0 Å². The highest BCUT2D eigenvalue weighted by Gasteiger charge is 2.33. The summed E-state index contributed by atoms with van der Waals surface area (Å²) in [6.45, 7) is 10.2. The zero-order valence-electron chi connectivity index (χ0n) is 10.4. The number of nitrogens with zero attached hydrogens (tertiary/aromatic N) is 1. The van der Waals surface area contributed by atoms with E-state index in [0.717, 1.165) is 13.0 Å². The van der Waals surface area contributed by atoms with Gasteiger partial charge in [-0.1, -0.05) is 6.92 Å². The van der Waals surface area contributed by atoms with Crippen molar-refractivity contribution >= 4 is 5.97 Å². The first-order chi connectivity index (χ1) is 6.95. The molecule has 1 rings (SSSR count). The number of carbonyl (C=O) groups is 1. The Bertz CT molecular complexity index is 220. The maximum absolute atomic E-state index is 11.1. The number of rotatable bonds is 3. The summed E-state index contributed by atoms with van der Waals surface area (Å²) in [5.74, 6) is -0.0873. The van der Waals surface area contributed by atoms with Crippen LogP contribution in [0.15, 0.2) is 0 Å². The second kappa shape index (κ2) is 4.97. The zero-order valence-corrected chi connectivity index (χ0v) is 10.4. The molecule has 0 radical (unpaired) electrons. The van der Waals surface area contributed by atoms with Gasteiger partial charge in [-0.05, 0) is 40.2 Å². The molecule has 15 heavy (non-hydrogen) atoms. The zero-order chi connectivity index (χ0) is 11.5.